The van der Waals surface area contributed by atoms with Crippen molar-refractivity contribution < 1.29 is 9.84 Å². The van der Waals surface area contributed by atoms with E-state index < -0.39 is 0 Å². The lowest BCUT2D eigenvalue weighted by Gasteiger charge is -2.18. The fourth-order valence-electron chi connectivity index (χ4n) is 1.91. The van der Waals surface area contributed by atoms with Crippen molar-refractivity contribution in [2.24, 2.45) is 11.7 Å². The van der Waals surface area contributed by atoms with Crippen LogP contribution in [0.1, 0.15) is 6.42 Å². The molecule has 0 saturated carbocycles. The van der Waals surface area contributed by atoms with Crippen LogP contribution in [0.25, 0.3) is 0 Å². The van der Waals surface area contributed by atoms with Crippen LogP contribution in [0, 0.1) is 5.92 Å². The summed E-state index contributed by atoms with van der Waals surface area (Å²) in [5.41, 5.74) is 6.04. The molecule has 0 amide bonds. The van der Waals surface area contributed by atoms with E-state index in [-0.39, 0.29) is 11.8 Å². The first-order chi connectivity index (χ1) is 7.75. The first-order valence-corrected chi connectivity index (χ1v) is 5.64. The number of ether oxygens (including phenoxy) is 1. The summed E-state index contributed by atoms with van der Waals surface area (Å²) in [6, 6.07) is 6.78. The van der Waals surface area contributed by atoms with Crippen LogP contribution in [0.4, 0.5) is 0 Å². The fraction of sp³-hybridized carbons (Fsp3) is 0.500. The molecule has 1 aromatic rings. The fourth-order valence-corrected chi connectivity index (χ4v) is 1.91. The Morgan fingerprint density at radius 3 is 2.81 bits per heavy atom. The van der Waals surface area contributed by atoms with Crippen LogP contribution < -0.4 is 15.8 Å². The van der Waals surface area contributed by atoms with Crippen molar-refractivity contribution in [3.05, 3.63) is 24.3 Å². The number of hydrogen-bond donors (Lipinski definition) is 3. The average Bonchev–Trinajstić information content (AvgIpc) is 2.81. The third-order valence-electron chi connectivity index (χ3n) is 2.98. The molecule has 1 saturated heterocycles. The largest absolute Gasteiger partial charge is 0.508 e. The molecule has 0 spiro atoms. The summed E-state index contributed by atoms with van der Waals surface area (Å²) in [6.45, 7) is 2.56. The Hall–Kier alpha value is -1.26. The zero-order valence-electron chi connectivity index (χ0n) is 9.23. The van der Waals surface area contributed by atoms with Gasteiger partial charge in [0.25, 0.3) is 0 Å². The smallest absolute Gasteiger partial charge is 0.119 e. The van der Waals surface area contributed by atoms with E-state index in [1.54, 1.807) is 24.3 Å². The predicted octanol–water partition coefficient (Wildman–Crippen LogP) is 0.708. The number of benzene rings is 1. The summed E-state index contributed by atoms with van der Waals surface area (Å²) in [5, 5.41) is 12.4. The third kappa shape index (κ3) is 2.87. The maximum absolute atomic E-state index is 9.12. The van der Waals surface area contributed by atoms with Gasteiger partial charge in [0.2, 0.25) is 0 Å². The molecule has 2 rings (SSSR count). The SMILES string of the molecule is NC(COc1ccc(O)cc1)C1CCNC1. The Morgan fingerprint density at radius 2 is 2.19 bits per heavy atom. The van der Waals surface area contributed by atoms with Crippen molar-refractivity contribution in [1.29, 1.82) is 0 Å². The molecule has 4 nitrogen and oxygen atoms in total. The van der Waals surface area contributed by atoms with Gasteiger partial charge in [0, 0.05) is 6.04 Å². The van der Waals surface area contributed by atoms with Gasteiger partial charge in [0.15, 0.2) is 0 Å². The van der Waals surface area contributed by atoms with E-state index in [4.69, 9.17) is 15.6 Å². The topological polar surface area (TPSA) is 67.5 Å². The maximum Gasteiger partial charge on any atom is 0.119 e. The number of nitrogens with one attached hydrogen (secondary N) is 1. The van der Waals surface area contributed by atoms with Gasteiger partial charge in [0.1, 0.15) is 18.1 Å². The van der Waals surface area contributed by atoms with Crippen molar-refractivity contribution >= 4 is 0 Å². The van der Waals surface area contributed by atoms with Crippen molar-refractivity contribution in [2.75, 3.05) is 19.7 Å². The van der Waals surface area contributed by atoms with Gasteiger partial charge < -0.3 is 20.9 Å². The van der Waals surface area contributed by atoms with E-state index in [0.29, 0.717) is 12.5 Å². The molecule has 0 aliphatic carbocycles. The summed E-state index contributed by atoms with van der Waals surface area (Å²) in [4.78, 5) is 0. The zero-order chi connectivity index (χ0) is 11.4. The van der Waals surface area contributed by atoms with Crippen molar-refractivity contribution in [3.8, 4) is 11.5 Å². The minimum Gasteiger partial charge on any atom is -0.508 e. The molecule has 16 heavy (non-hydrogen) atoms. The van der Waals surface area contributed by atoms with Gasteiger partial charge in [-0.25, -0.2) is 0 Å². The second kappa shape index (κ2) is 5.18. The van der Waals surface area contributed by atoms with Gasteiger partial charge in [-0.1, -0.05) is 0 Å². The van der Waals surface area contributed by atoms with Crippen LogP contribution >= 0.6 is 0 Å². The summed E-state index contributed by atoms with van der Waals surface area (Å²) in [5.74, 6) is 1.51. The quantitative estimate of drug-likeness (QED) is 0.702. The molecule has 2 atom stereocenters. The highest BCUT2D eigenvalue weighted by Gasteiger charge is 2.21. The van der Waals surface area contributed by atoms with Gasteiger partial charge in [-0.2, -0.15) is 0 Å². The van der Waals surface area contributed by atoms with Gasteiger partial charge in [0.05, 0.1) is 0 Å². The lowest BCUT2D eigenvalue weighted by atomic mass is 10.0. The monoisotopic (exact) mass is 222 g/mol. The summed E-state index contributed by atoms with van der Waals surface area (Å²) < 4.78 is 5.57. The highest BCUT2D eigenvalue weighted by molar-refractivity contribution is 5.30. The summed E-state index contributed by atoms with van der Waals surface area (Å²) >= 11 is 0. The van der Waals surface area contributed by atoms with Crippen molar-refractivity contribution in [3.63, 3.8) is 0 Å². The second-order valence-electron chi connectivity index (χ2n) is 4.22. The van der Waals surface area contributed by atoms with Gasteiger partial charge in [-0.15, -0.1) is 0 Å². The molecule has 0 bridgehead atoms. The molecule has 1 aliphatic heterocycles. The van der Waals surface area contributed by atoms with Crippen LogP contribution in [0.5, 0.6) is 11.5 Å². The number of aromatic hydroxyl groups is 1. The van der Waals surface area contributed by atoms with E-state index in [1.165, 1.54) is 0 Å². The van der Waals surface area contributed by atoms with Gasteiger partial charge >= 0.3 is 0 Å². The van der Waals surface area contributed by atoms with Crippen LogP contribution in [-0.2, 0) is 0 Å². The van der Waals surface area contributed by atoms with Gasteiger partial charge in [-0.3, -0.25) is 0 Å². The normalized spacial score (nSPS) is 21.9. The first-order valence-electron chi connectivity index (χ1n) is 5.64. The Balaban J connectivity index is 1.80. The Morgan fingerprint density at radius 1 is 1.44 bits per heavy atom. The summed E-state index contributed by atoms with van der Waals surface area (Å²) in [6.07, 6.45) is 1.13. The molecule has 1 fully saturated rings. The first kappa shape index (κ1) is 11.2. The lowest BCUT2D eigenvalue weighted by Crippen LogP contribution is -2.37. The minimum atomic E-state index is 0.0730. The molecular weight excluding hydrogens is 204 g/mol. The van der Waals surface area contributed by atoms with E-state index >= 15 is 0 Å². The molecule has 0 aromatic heterocycles. The van der Waals surface area contributed by atoms with Crippen LogP contribution in [0.15, 0.2) is 24.3 Å². The van der Waals surface area contributed by atoms with E-state index in [9.17, 15) is 0 Å². The third-order valence-corrected chi connectivity index (χ3v) is 2.98. The second-order valence-corrected chi connectivity index (χ2v) is 4.22. The molecule has 4 heteroatoms. The Bertz CT molecular complexity index is 320. The minimum absolute atomic E-state index is 0.0730. The van der Waals surface area contributed by atoms with Gasteiger partial charge in [-0.05, 0) is 49.7 Å². The van der Waals surface area contributed by atoms with E-state index in [1.807, 2.05) is 0 Å². The van der Waals surface area contributed by atoms with E-state index in [2.05, 4.69) is 5.32 Å². The highest BCUT2D eigenvalue weighted by atomic mass is 16.5. The maximum atomic E-state index is 9.12. The van der Waals surface area contributed by atoms with Crippen LogP contribution in [0.3, 0.4) is 0 Å². The predicted molar refractivity (Wildman–Crippen MR) is 62.6 cm³/mol. The number of phenolic OH excluding ortho intramolecular Hbond substituents is 1. The molecule has 0 radical (unpaired) electrons. The standard InChI is InChI=1S/C12H18N2O2/c13-12(9-5-6-14-7-9)8-16-11-3-1-10(15)2-4-11/h1-4,9,12,14-15H,5-8,13H2. The average molecular weight is 222 g/mol. The Labute approximate surface area is 95.4 Å². The van der Waals surface area contributed by atoms with Crippen LogP contribution in [-0.4, -0.2) is 30.8 Å². The summed E-state index contributed by atoms with van der Waals surface area (Å²) in [7, 11) is 0. The van der Waals surface area contributed by atoms with Crippen molar-refractivity contribution in [1.82, 2.24) is 5.32 Å². The molecule has 1 aromatic carbocycles. The molecule has 4 N–H and O–H groups in total. The van der Waals surface area contributed by atoms with Crippen molar-refractivity contribution in [2.45, 2.75) is 12.5 Å². The zero-order valence-corrected chi connectivity index (χ0v) is 9.23. The molecule has 2 unspecified atom stereocenters. The molecule has 1 heterocycles. The number of rotatable bonds is 4. The Kier molecular flexibility index (Phi) is 3.64. The molecule has 1 aliphatic rings. The highest BCUT2D eigenvalue weighted by Crippen LogP contribution is 2.17. The van der Waals surface area contributed by atoms with E-state index in [0.717, 1.165) is 25.3 Å². The number of nitrogens with two attached hydrogens (primary N) is 1. The number of hydrogen-bond acceptors (Lipinski definition) is 4. The molecule has 88 valence electrons. The molecular formula is C12H18N2O2. The van der Waals surface area contributed by atoms with Crippen LogP contribution in [0.2, 0.25) is 0 Å². The number of phenols is 1. The lowest BCUT2D eigenvalue weighted by molar-refractivity contribution is 0.252.